The Morgan fingerprint density at radius 1 is 0.500 bits per heavy atom. The average molecular weight is 585 g/mol. The molecule has 0 unspecified atom stereocenters. The minimum absolute atomic E-state index is 0.429. The van der Waals surface area contributed by atoms with E-state index < -0.39 is 36.6 Å². The summed E-state index contributed by atoms with van der Waals surface area (Å²) < 4.78 is 34.7. The molecule has 2 aliphatic rings. The van der Waals surface area contributed by atoms with Gasteiger partial charge in [-0.3, -0.25) is 0 Å². The molecule has 0 bridgehead atoms. The Balaban J connectivity index is 1.36. The van der Waals surface area contributed by atoms with Crippen molar-refractivity contribution in [2.24, 2.45) is 0 Å². The van der Waals surface area contributed by atoms with Crippen LogP contribution in [0.4, 0.5) is 0 Å². The summed E-state index contributed by atoms with van der Waals surface area (Å²) in [5, 5.41) is 4.39. The van der Waals surface area contributed by atoms with E-state index in [1.165, 1.54) is 0 Å². The number of hydrogen-bond donors (Lipinski definition) is 0. The number of nitrogens with zero attached hydrogens (tertiary/aromatic N) is 1. The Hall–Kier alpha value is -3.55. The minimum atomic E-state index is -0.465. The Kier molecular flexibility index (Phi) is 5.73. The Labute approximate surface area is 258 Å². The van der Waals surface area contributed by atoms with Crippen LogP contribution in [0.2, 0.25) is 0 Å². The van der Waals surface area contributed by atoms with Crippen molar-refractivity contribution in [1.29, 1.82) is 0 Å². The van der Waals surface area contributed by atoms with Crippen molar-refractivity contribution in [3.8, 4) is 5.69 Å². The molecule has 0 radical (unpaired) electrons. The molecule has 0 aliphatic carbocycles. The van der Waals surface area contributed by atoms with Crippen LogP contribution in [0.5, 0.6) is 0 Å². The Morgan fingerprint density at radius 3 is 1.50 bits per heavy atom. The lowest BCUT2D eigenvalue weighted by molar-refractivity contribution is 0.00578. The first-order chi connectivity index (χ1) is 20.8. The summed E-state index contributed by atoms with van der Waals surface area (Å²) in [4.78, 5) is 0. The maximum atomic E-state index is 6.51. The van der Waals surface area contributed by atoms with Crippen LogP contribution in [0.25, 0.3) is 49.4 Å². The molecular weight excluding hydrogens is 548 g/mol. The van der Waals surface area contributed by atoms with Crippen LogP contribution in [0, 0.1) is 0 Å². The van der Waals surface area contributed by atoms with Crippen molar-refractivity contribution in [3.05, 3.63) is 78.9 Å². The first-order valence-electron chi connectivity index (χ1n) is 15.5. The lowest BCUT2D eigenvalue weighted by Crippen LogP contribution is -2.41. The molecule has 44 heavy (non-hydrogen) atoms. The fraction of sp³-hybridized carbons (Fsp3) is 0.333. The van der Waals surface area contributed by atoms with Crippen molar-refractivity contribution in [2.45, 2.75) is 77.8 Å². The van der Waals surface area contributed by atoms with Crippen LogP contribution < -0.4 is 10.9 Å². The van der Waals surface area contributed by atoms with Crippen molar-refractivity contribution < 1.29 is 23.0 Å². The Bertz CT molecular complexity index is 2000. The van der Waals surface area contributed by atoms with E-state index >= 15 is 0 Å². The second-order valence-corrected chi connectivity index (χ2v) is 14.3. The van der Waals surface area contributed by atoms with Crippen molar-refractivity contribution in [1.82, 2.24) is 4.57 Å². The number of furan rings is 1. The van der Waals surface area contributed by atoms with Crippen LogP contribution >= 0.6 is 0 Å². The van der Waals surface area contributed by atoms with Gasteiger partial charge in [0, 0.05) is 21.5 Å². The smallest absolute Gasteiger partial charge is 0.454 e. The van der Waals surface area contributed by atoms with Crippen LogP contribution in [0.15, 0.2) is 83.3 Å². The third-order valence-electron chi connectivity index (χ3n) is 10.5. The van der Waals surface area contributed by atoms with Gasteiger partial charge in [0.2, 0.25) is 0 Å². The van der Waals surface area contributed by atoms with Gasteiger partial charge < -0.3 is 27.6 Å². The van der Waals surface area contributed by atoms with Gasteiger partial charge in [-0.15, -0.1) is 0 Å². The molecule has 222 valence electrons. The van der Waals surface area contributed by atoms with Gasteiger partial charge in [-0.25, -0.2) is 0 Å². The summed E-state index contributed by atoms with van der Waals surface area (Å²) in [5.74, 6) is 0. The van der Waals surface area contributed by atoms with E-state index in [9.17, 15) is 0 Å². The van der Waals surface area contributed by atoms with Gasteiger partial charge in [-0.05, 0) is 90.6 Å². The zero-order valence-corrected chi connectivity index (χ0v) is 26.6. The molecule has 8 rings (SSSR count). The fourth-order valence-electron chi connectivity index (χ4n) is 6.48. The molecule has 8 heteroatoms. The molecule has 0 amide bonds. The fourth-order valence-corrected chi connectivity index (χ4v) is 6.48. The van der Waals surface area contributed by atoms with Gasteiger partial charge in [0.1, 0.15) is 5.58 Å². The third kappa shape index (κ3) is 3.91. The van der Waals surface area contributed by atoms with E-state index in [2.05, 4.69) is 127 Å². The van der Waals surface area contributed by atoms with Gasteiger partial charge in [0.05, 0.1) is 39.1 Å². The van der Waals surface area contributed by atoms with E-state index in [1.54, 1.807) is 0 Å². The highest BCUT2D eigenvalue weighted by Gasteiger charge is 2.53. The molecule has 4 heterocycles. The normalized spacial score (nSPS) is 20.5. The number of rotatable bonds is 3. The predicted molar refractivity (Wildman–Crippen MR) is 179 cm³/mol. The second kappa shape index (κ2) is 9.01. The maximum absolute atomic E-state index is 6.51. The zero-order valence-electron chi connectivity index (χ0n) is 26.6. The lowest BCUT2D eigenvalue weighted by atomic mass is 9.77. The largest absolute Gasteiger partial charge is 0.494 e. The number of aromatic nitrogens is 1. The van der Waals surface area contributed by atoms with Crippen molar-refractivity contribution >= 4 is 68.9 Å². The molecule has 2 saturated heterocycles. The standard InChI is InChI=1S/C36H37B2NO5/c1-33(2)34(3,4)42-37(41-33)22-16-18-28-26(20-22)27-21-23(38-43-35(5,6)36(7,8)44-38)17-19-29(27)39(28)30-14-11-13-25-24-12-9-10-15-31(24)40-32(25)30/h9-21H,1-8H3. The first-order valence-corrected chi connectivity index (χ1v) is 15.5. The number of fused-ring (bicyclic) bond motifs is 6. The third-order valence-corrected chi connectivity index (χ3v) is 10.5. The Morgan fingerprint density at radius 2 is 0.977 bits per heavy atom. The molecule has 0 N–H and O–H groups in total. The predicted octanol–water partition coefficient (Wildman–Crippen LogP) is 7.28. The SMILES string of the molecule is CC1(C)OB(c2ccc3c(c2)c2cc(B4OC(C)(C)C(C)(C)O4)ccc2n3-c2cccc3c2oc2ccccc23)OC1(C)C. The van der Waals surface area contributed by atoms with Crippen molar-refractivity contribution in [2.75, 3.05) is 0 Å². The van der Waals surface area contributed by atoms with E-state index in [4.69, 9.17) is 23.0 Å². The van der Waals surface area contributed by atoms with E-state index in [-0.39, 0.29) is 0 Å². The quantitative estimate of drug-likeness (QED) is 0.205. The summed E-state index contributed by atoms with van der Waals surface area (Å²) in [6.45, 7) is 16.7. The number of hydrogen-bond acceptors (Lipinski definition) is 5. The highest BCUT2D eigenvalue weighted by molar-refractivity contribution is 6.63. The summed E-state index contributed by atoms with van der Waals surface area (Å²) in [6.07, 6.45) is 0. The molecule has 0 saturated carbocycles. The van der Waals surface area contributed by atoms with Crippen molar-refractivity contribution in [3.63, 3.8) is 0 Å². The topological polar surface area (TPSA) is 55.0 Å². The molecule has 4 aromatic carbocycles. The minimum Gasteiger partial charge on any atom is -0.454 e. The maximum Gasteiger partial charge on any atom is 0.494 e. The molecule has 2 aromatic heterocycles. The van der Waals surface area contributed by atoms with Gasteiger partial charge in [0.15, 0.2) is 5.58 Å². The van der Waals surface area contributed by atoms with Crippen LogP contribution in [-0.2, 0) is 18.6 Å². The second-order valence-electron chi connectivity index (χ2n) is 14.3. The molecule has 0 spiro atoms. The van der Waals surface area contributed by atoms with Crippen LogP contribution in [-0.4, -0.2) is 41.2 Å². The highest BCUT2D eigenvalue weighted by Crippen LogP contribution is 2.41. The first kappa shape index (κ1) is 28.0. The molecule has 2 aliphatic heterocycles. The zero-order chi connectivity index (χ0) is 30.8. The number of para-hydroxylation sites is 2. The number of benzene rings is 4. The van der Waals surface area contributed by atoms with Gasteiger partial charge in [0.25, 0.3) is 0 Å². The molecule has 6 aromatic rings. The molecule has 2 fully saturated rings. The molecule has 6 nitrogen and oxygen atoms in total. The summed E-state index contributed by atoms with van der Waals surface area (Å²) in [5.41, 5.74) is 5.12. The van der Waals surface area contributed by atoms with E-state index in [1.807, 2.05) is 12.1 Å². The van der Waals surface area contributed by atoms with Gasteiger partial charge in [-0.1, -0.05) is 54.6 Å². The lowest BCUT2D eigenvalue weighted by Gasteiger charge is -2.32. The highest BCUT2D eigenvalue weighted by atomic mass is 16.7. The van der Waals surface area contributed by atoms with E-state index in [0.29, 0.717) is 0 Å². The summed E-state index contributed by atoms with van der Waals surface area (Å²) >= 11 is 0. The van der Waals surface area contributed by atoms with Crippen LogP contribution in [0.3, 0.4) is 0 Å². The average Bonchev–Trinajstić information content (AvgIpc) is 3.63. The summed E-state index contributed by atoms with van der Waals surface area (Å²) in [7, 11) is -0.930. The molecule has 0 atom stereocenters. The van der Waals surface area contributed by atoms with Crippen LogP contribution in [0.1, 0.15) is 55.4 Å². The summed E-state index contributed by atoms with van der Waals surface area (Å²) in [6, 6.07) is 27.6. The van der Waals surface area contributed by atoms with Gasteiger partial charge in [-0.2, -0.15) is 0 Å². The van der Waals surface area contributed by atoms with Gasteiger partial charge >= 0.3 is 14.2 Å². The van der Waals surface area contributed by atoms with E-state index in [0.717, 1.165) is 60.4 Å². The molecular formula is C36H37B2NO5. The monoisotopic (exact) mass is 585 g/mol.